The smallest absolute Gasteiger partial charge is 0.385 e. The Kier molecular flexibility index (Phi) is 4.79. The third-order valence-electron chi connectivity index (χ3n) is 3.98. The number of fused-ring (bicyclic) bond motifs is 1. The van der Waals surface area contributed by atoms with Gasteiger partial charge in [-0.05, 0) is 42.3 Å². The third-order valence-corrected chi connectivity index (χ3v) is 4.27. The molecule has 1 heterocycles. The van der Waals surface area contributed by atoms with Crippen LogP contribution in [-0.2, 0) is 12.6 Å². The molecule has 0 aliphatic rings. The number of alkyl halides is 3. The number of hydrogen-bond acceptors (Lipinski definition) is 2. The molecule has 0 aliphatic heterocycles. The molecule has 2 N–H and O–H groups in total. The summed E-state index contributed by atoms with van der Waals surface area (Å²) >= 11 is 5.80. The molecule has 0 spiro atoms. The monoisotopic (exact) mass is 381 g/mol. The van der Waals surface area contributed by atoms with Gasteiger partial charge in [0.15, 0.2) is 0 Å². The maximum atomic E-state index is 13.4. The van der Waals surface area contributed by atoms with Crippen LogP contribution in [0.3, 0.4) is 0 Å². The fourth-order valence-electron chi connectivity index (χ4n) is 2.71. The molecule has 3 nitrogen and oxygen atoms in total. The lowest BCUT2D eigenvalue weighted by molar-refractivity contribution is -0.137. The Labute approximate surface area is 151 Å². The summed E-state index contributed by atoms with van der Waals surface area (Å²) in [5, 5.41) is 12.5. The molecular weight excluding hydrogens is 370 g/mol. The van der Waals surface area contributed by atoms with Gasteiger partial charge in [0.05, 0.1) is 22.2 Å². The molecule has 134 valence electrons. The largest absolute Gasteiger partial charge is 0.417 e. The summed E-state index contributed by atoms with van der Waals surface area (Å²) < 4.78 is 52.4. The number of aromatic nitrogens is 1. The number of hydrogen-bond donors (Lipinski definition) is 2. The van der Waals surface area contributed by atoms with Crippen molar-refractivity contribution < 1.29 is 17.6 Å². The molecule has 0 radical (unpaired) electrons. The summed E-state index contributed by atoms with van der Waals surface area (Å²) in [6.45, 7) is 0.352. The van der Waals surface area contributed by atoms with Crippen molar-refractivity contribution in [3.8, 4) is 6.07 Å². The highest BCUT2D eigenvalue weighted by Gasteiger charge is 2.33. The van der Waals surface area contributed by atoms with Crippen LogP contribution in [0.15, 0.2) is 36.5 Å². The van der Waals surface area contributed by atoms with E-state index in [-0.39, 0.29) is 10.7 Å². The Morgan fingerprint density at radius 3 is 2.65 bits per heavy atom. The van der Waals surface area contributed by atoms with Gasteiger partial charge in [0.25, 0.3) is 0 Å². The highest BCUT2D eigenvalue weighted by atomic mass is 35.5. The number of H-pyrrole nitrogens is 1. The van der Waals surface area contributed by atoms with Crippen molar-refractivity contribution >= 4 is 28.2 Å². The highest BCUT2D eigenvalue weighted by Crippen LogP contribution is 2.33. The van der Waals surface area contributed by atoms with E-state index in [9.17, 15) is 17.6 Å². The first kappa shape index (κ1) is 18.1. The van der Waals surface area contributed by atoms with Crippen LogP contribution < -0.4 is 5.32 Å². The summed E-state index contributed by atoms with van der Waals surface area (Å²) in [5.74, 6) is -0.525. The van der Waals surface area contributed by atoms with Crippen LogP contribution in [0.5, 0.6) is 0 Å². The van der Waals surface area contributed by atoms with Gasteiger partial charge in [0.2, 0.25) is 0 Å². The fourth-order valence-corrected chi connectivity index (χ4v) is 2.87. The molecule has 1 aromatic heterocycles. The zero-order valence-electron chi connectivity index (χ0n) is 13.2. The van der Waals surface area contributed by atoms with Crippen LogP contribution in [-0.4, -0.2) is 11.5 Å². The van der Waals surface area contributed by atoms with E-state index >= 15 is 0 Å². The van der Waals surface area contributed by atoms with Crippen molar-refractivity contribution in [3.05, 3.63) is 64.1 Å². The zero-order valence-corrected chi connectivity index (χ0v) is 14.0. The lowest BCUT2D eigenvalue weighted by Gasteiger charge is -2.12. The lowest BCUT2D eigenvalue weighted by atomic mass is 10.1. The summed E-state index contributed by atoms with van der Waals surface area (Å²) in [6, 6.07) is 7.84. The van der Waals surface area contributed by atoms with Crippen molar-refractivity contribution in [1.29, 1.82) is 5.26 Å². The Morgan fingerprint density at radius 2 is 1.96 bits per heavy atom. The predicted molar refractivity (Wildman–Crippen MR) is 91.6 cm³/mol. The molecule has 0 bridgehead atoms. The number of anilines is 1. The quantitative estimate of drug-likeness (QED) is 0.586. The van der Waals surface area contributed by atoms with Gasteiger partial charge in [0.1, 0.15) is 5.82 Å². The maximum absolute atomic E-state index is 13.4. The molecule has 0 fully saturated rings. The number of nitrogens with one attached hydrogen (secondary N) is 2. The van der Waals surface area contributed by atoms with E-state index in [1.165, 1.54) is 18.2 Å². The molecule has 0 atom stereocenters. The van der Waals surface area contributed by atoms with Gasteiger partial charge in [-0.25, -0.2) is 4.39 Å². The van der Waals surface area contributed by atoms with E-state index in [2.05, 4.69) is 10.3 Å². The molecule has 3 rings (SSSR count). The number of aromatic amines is 1. The van der Waals surface area contributed by atoms with Crippen LogP contribution in [0, 0.1) is 17.1 Å². The van der Waals surface area contributed by atoms with Crippen LogP contribution >= 0.6 is 11.6 Å². The molecule has 0 saturated carbocycles. The van der Waals surface area contributed by atoms with Gasteiger partial charge in [0, 0.05) is 29.3 Å². The molecule has 0 saturated heterocycles. The molecular formula is C18H12ClF4N3. The summed E-state index contributed by atoms with van der Waals surface area (Å²) in [7, 11) is 0. The average molecular weight is 382 g/mol. The van der Waals surface area contributed by atoms with Crippen molar-refractivity contribution in [3.63, 3.8) is 0 Å². The highest BCUT2D eigenvalue weighted by molar-refractivity contribution is 6.31. The molecule has 26 heavy (non-hydrogen) atoms. The number of nitrogens with zero attached hydrogens (tertiary/aromatic N) is 1. The first-order valence-electron chi connectivity index (χ1n) is 7.60. The number of benzene rings is 2. The normalized spacial score (nSPS) is 11.5. The molecule has 0 amide bonds. The second-order valence-corrected chi connectivity index (χ2v) is 6.08. The van der Waals surface area contributed by atoms with Crippen LogP contribution in [0.25, 0.3) is 10.9 Å². The molecule has 8 heteroatoms. The van der Waals surface area contributed by atoms with Crippen molar-refractivity contribution in [2.75, 3.05) is 11.9 Å². The standard InChI is InChI=1S/C18H12ClF4N3/c19-15-6-13-11(9-26-17(13)7-16(15)20)3-4-25-12-2-1-10(8-24)14(5-12)18(21,22)23/h1-2,5-7,9,25-26H,3-4H2. The molecule has 2 aromatic carbocycles. The zero-order chi connectivity index (χ0) is 18.9. The summed E-state index contributed by atoms with van der Waals surface area (Å²) in [4.78, 5) is 2.94. The van der Waals surface area contributed by atoms with Crippen molar-refractivity contribution in [1.82, 2.24) is 4.98 Å². The second kappa shape index (κ2) is 6.89. The topological polar surface area (TPSA) is 51.6 Å². The van der Waals surface area contributed by atoms with E-state index in [4.69, 9.17) is 16.9 Å². The van der Waals surface area contributed by atoms with E-state index in [0.717, 1.165) is 23.1 Å². The first-order chi connectivity index (χ1) is 12.3. The van der Waals surface area contributed by atoms with Gasteiger partial charge in [-0.3, -0.25) is 0 Å². The van der Waals surface area contributed by atoms with Crippen LogP contribution in [0.4, 0.5) is 23.2 Å². The number of rotatable bonds is 4. The van der Waals surface area contributed by atoms with Gasteiger partial charge >= 0.3 is 6.18 Å². The van der Waals surface area contributed by atoms with Crippen LogP contribution in [0.2, 0.25) is 5.02 Å². The van der Waals surface area contributed by atoms with Gasteiger partial charge in [-0.15, -0.1) is 0 Å². The number of halogens is 5. The van der Waals surface area contributed by atoms with E-state index in [1.54, 1.807) is 12.3 Å². The lowest BCUT2D eigenvalue weighted by Crippen LogP contribution is -2.10. The van der Waals surface area contributed by atoms with Gasteiger partial charge in [-0.2, -0.15) is 18.4 Å². The Hall–Kier alpha value is -2.72. The molecule has 0 aliphatic carbocycles. The van der Waals surface area contributed by atoms with Crippen LogP contribution in [0.1, 0.15) is 16.7 Å². The maximum Gasteiger partial charge on any atom is 0.417 e. The molecule has 3 aromatic rings. The van der Waals surface area contributed by atoms with E-state index in [1.807, 2.05) is 0 Å². The minimum atomic E-state index is -4.60. The summed E-state index contributed by atoms with van der Waals surface area (Å²) in [5.41, 5.74) is 0.328. The summed E-state index contributed by atoms with van der Waals surface area (Å²) in [6.07, 6.45) is -2.40. The van der Waals surface area contributed by atoms with Crippen molar-refractivity contribution in [2.24, 2.45) is 0 Å². The van der Waals surface area contributed by atoms with E-state index in [0.29, 0.717) is 18.5 Å². The Bertz CT molecular complexity index is 1000. The van der Waals surface area contributed by atoms with Gasteiger partial charge in [-0.1, -0.05) is 11.6 Å². The minimum absolute atomic E-state index is 0.00761. The second-order valence-electron chi connectivity index (χ2n) is 5.67. The van der Waals surface area contributed by atoms with E-state index < -0.39 is 23.1 Å². The number of nitriles is 1. The predicted octanol–water partition coefficient (Wildman–Crippen LogP) is 5.51. The minimum Gasteiger partial charge on any atom is -0.385 e. The Morgan fingerprint density at radius 1 is 1.19 bits per heavy atom. The third kappa shape index (κ3) is 3.60. The average Bonchev–Trinajstić information content (AvgIpc) is 2.96. The fraction of sp³-hybridized carbons (Fsp3) is 0.167. The van der Waals surface area contributed by atoms with Gasteiger partial charge < -0.3 is 10.3 Å². The van der Waals surface area contributed by atoms with Crippen molar-refractivity contribution in [2.45, 2.75) is 12.6 Å². The Balaban J connectivity index is 1.75. The SMILES string of the molecule is N#Cc1ccc(NCCc2c[nH]c3cc(F)c(Cl)cc23)cc1C(F)(F)F. The first-order valence-corrected chi connectivity index (χ1v) is 7.97. The molecule has 0 unspecified atom stereocenters.